The average Bonchev–Trinajstić information content (AvgIpc) is 3.39. The van der Waals surface area contributed by atoms with Crippen LogP contribution in [-0.4, -0.2) is 53.7 Å². The third kappa shape index (κ3) is 4.04. The first-order chi connectivity index (χ1) is 16.5. The summed E-state index contributed by atoms with van der Waals surface area (Å²) in [7, 11) is 0. The van der Waals surface area contributed by atoms with Gasteiger partial charge in [0.25, 0.3) is 0 Å². The molecule has 0 unspecified atom stereocenters. The number of carboxylic acids is 1. The average molecular weight is 463 g/mol. The second-order valence-electron chi connectivity index (χ2n) is 9.71. The number of hydrogen-bond acceptors (Lipinski definition) is 4. The summed E-state index contributed by atoms with van der Waals surface area (Å²) in [6, 6.07) is 16.1. The maximum absolute atomic E-state index is 13.3. The fraction of sp³-hybridized carbons (Fsp3) is 0.444. The molecule has 2 N–H and O–H groups in total. The Morgan fingerprint density at radius 3 is 2.24 bits per heavy atom. The molecule has 0 radical (unpaired) electrons. The second kappa shape index (κ2) is 9.12. The molecule has 178 valence electrons. The van der Waals surface area contributed by atoms with E-state index in [1.807, 2.05) is 24.3 Å². The first-order valence-corrected chi connectivity index (χ1v) is 12.1. The summed E-state index contributed by atoms with van der Waals surface area (Å²) in [6.45, 7) is 1.04. The zero-order chi connectivity index (χ0) is 23.7. The molecule has 2 fully saturated rings. The zero-order valence-corrected chi connectivity index (χ0v) is 19.2. The molecule has 7 heteroatoms. The second-order valence-corrected chi connectivity index (χ2v) is 9.71. The van der Waals surface area contributed by atoms with Crippen LogP contribution in [0.1, 0.15) is 55.6 Å². The van der Waals surface area contributed by atoms with Gasteiger partial charge in [0.15, 0.2) is 0 Å². The highest BCUT2D eigenvalue weighted by atomic mass is 16.5. The number of hydrogen-bond donors (Lipinski definition) is 2. The van der Waals surface area contributed by atoms with Gasteiger partial charge in [0.1, 0.15) is 6.61 Å². The van der Waals surface area contributed by atoms with Crippen LogP contribution in [0.3, 0.4) is 0 Å². The van der Waals surface area contributed by atoms with E-state index in [4.69, 9.17) is 4.74 Å². The van der Waals surface area contributed by atoms with E-state index in [2.05, 4.69) is 29.6 Å². The highest BCUT2D eigenvalue weighted by Gasteiger charge is 2.48. The van der Waals surface area contributed by atoms with Crippen molar-refractivity contribution in [2.45, 2.75) is 50.5 Å². The molecular formula is C27H30N2O5. The van der Waals surface area contributed by atoms with Crippen LogP contribution >= 0.6 is 0 Å². The summed E-state index contributed by atoms with van der Waals surface area (Å²) in [4.78, 5) is 38.9. The van der Waals surface area contributed by atoms with Gasteiger partial charge < -0.3 is 20.1 Å². The first kappa shape index (κ1) is 22.4. The predicted molar refractivity (Wildman–Crippen MR) is 126 cm³/mol. The largest absolute Gasteiger partial charge is 0.481 e. The highest BCUT2D eigenvalue weighted by molar-refractivity contribution is 5.86. The van der Waals surface area contributed by atoms with Crippen molar-refractivity contribution >= 4 is 18.0 Å². The number of amides is 2. The lowest BCUT2D eigenvalue weighted by atomic mass is 9.67. The van der Waals surface area contributed by atoms with E-state index in [1.165, 1.54) is 11.1 Å². The van der Waals surface area contributed by atoms with Gasteiger partial charge in [0.05, 0.1) is 11.8 Å². The Hall–Kier alpha value is -3.35. The number of alkyl carbamates (subject to hydrolysis) is 1. The lowest BCUT2D eigenvalue weighted by Crippen LogP contribution is -2.55. The summed E-state index contributed by atoms with van der Waals surface area (Å²) in [6.07, 6.45) is 3.31. The normalized spacial score (nSPS) is 20.2. The number of likely N-dealkylation sites (tertiary alicyclic amines) is 1. The minimum Gasteiger partial charge on any atom is -0.481 e. The minimum absolute atomic E-state index is 0.0150. The number of carbonyl (C=O) groups is 3. The Kier molecular flexibility index (Phi) is 6.02. The summed E-state index contributed by atoms with van der Waals surface area (Å²) >= 11 is 0. The van der Waals surface area contributed by atoms with Gasteiger partial charge in [0, 0.05) is 25.0 Å². The topological polar surface area (TPSA) is 95.9 Å². The maximum atomic E-state index is 13.3. The molecule has 2 aromatic rings. The van der Waals surface area contributed by atoms with Crippen LogP contribution in [0.5, 0.6) is 0 Å². The van der Waals surface area contributed by atoms with Crippen molar-refractivity contribution in [3.05, 3.63) is 59.7 Å². The Balaban J connectivity index is 1.20. The van der Waals surface area contributed by atoms with E-state index < -0.39 is 17.5 Å². The number of nitrogens with zero attached hydrogens (tertiary/aromatic N) is 1. The molecule has 1 aliphatic heterocycles. The van der Waals surface area contributed by atoms with Gasteiger partial charge in [0.2, 0.25) is 5.91 Å². The standard InChI is InChI=1S/C27H30N2O5/c30-24(31)15-18-7-5-14-29(18)25(32)27(12-6-13-27)17-28-26(33)34-16-23-21-10-3-1-8-19(21)20-9-2-4-11-22(20)23/h1-4,8-11,18,23H,5-7,12-17H2,(H,28,33)(H,30,31)/t18-/m0/s1. The number of aliphatic carboxylic acids is 1. The molecule has 7 nitrogen and oxygen atoms in total. The minimum atomic E-state index is -0.885. The van der Waals surface area contributed by atoms with E-state index in [-0.39, 0.29) is 37.4 Å². The van der Waals surface area contributed by atoms with Crippen molar-refractivity contribution in [1.29, 1.82) is 0 Å². The molecule has 0 aromatic heterocycles. The lowest BCUT2D eigenvalue weighted by molar-refractivity contribution is -0.149. The fourth-order valence-electron chi connectivity index (χ4n) is 5.78. The maximum Gasteiger partial charge on any atom is 0.407 e. The quantitative estimate of drug-likeness (QED) is 0.644. The number of rotatable bonds is 7. The summed E-state index contributed by atoms with van der Waals surface area (Å²) < 4.78 is 5.63. The number of nitrogens with one attached hydrogen (secondary N) is 1. The van der Waals surface area contributed by atoms with Gasteiger partial charge in [-0.15, -0.1) is 0 Å². The molecule has 1 saturated carbocycles. The van der Waals surface area contributed by atoms with Crippen molar-refractivity contribution in [3.63, 3.8) is 0 Å². The first-order valence-electron chi connectivity index (χ1n) is 12.1. The smallest absolute Gasteiger partial charge is 0.407 e. The van der Waals surface area contributed by atoms with Crippen LogP contribution in [0, 0.1) is 5.41 Å². The Bertz CT molecular complexity index is 1060. The van der Waals surface area contributed by atoms with Crippen LogP contribution in [0.25, 0.3) is 11.1 Å². The molecule has 1 saturated heterocycles. The number of fused-ring (bicyclic) bond motifs is 3. The monoisotopic (exact) mass is 462 g/mol. The molecule has 3 aliphatic rings. The van der Waals surface area contributed by atoms with Crippen LogP contribution in [-0.2, 0) is 14.3 Å². The summed E-state index contributed by atoms with van der Waals surface area (Å²) in [5, 5.41) is 12.0. The third-order valence-electron chi connectivity index (χ3n) is 7.73. The Labute approximate surface area is 199 Å². The van der Waals surface area contributed by atoms with Crippen LogP contribution < -0.4 is 5.32 Å². The van der Waals surface area contributed by atoms with Gasteiger partial charge in [-0.3, -0.25) is 9.59 Å². The van der Waals surface area contributed by atoms with Gasteiger partial charge >= 0.3 is 12.1 Å². The number of ether oxygens (including phenoxy) is 1. The molecule has 2 aromatic carbocycles. The molecule has 1 atom stereocenters. The Morgan fingerprint density at radius 2 is 1.65 bits per heavy atom. The third-order valence-corrected chi connectivity index (χ3v) is 7.73. The van der Waals surface area contributed by atoms with Gasteiger partial charge in [-0.25, -0.2) is 4.79 Å². The molecule has 34 heavy (non-hydrogen) atoms. The predicted octanol–water partition coefficient (Wildman–Crippen LogP) is 4.16. The van der Waals surface area contributed by atoms with E-state index >= 15 is 0 Å². The van der Waals surface area contributed by atoms with E-state index in [9.17, 15) is 19.5 Å². The van der Waals surface area contributed by atoms with Crippen LogP contribution in [0.4, 0.5) is 4.79 Å². The molecule has 1 heterocycles. The number of carboxylic acid groups (broad SMARTS) is 1. The van der Waals surface area contributed by atoms with Crippen molar-refractivity contribution in [1.82, 2.24) is 10.2 Å². The van der Waals surface area contributed by atoms with Crippen molar-refractivity contribution in [2.75, 3.05) is 19.7 Å². The molecule has 2 aliphatic carbocycles. The highest BCUT2D eigenvalue weighted by Crippen LogP contribution is 2.45. The fourth-order valence-corrected chi connectivity index (χ4v) is 5.78. The lowest BCUT2D eigenvalue weighted by Gasteiger charge is -2.43. The molecule has 0 bridgehead atoms. The van der Waals surface area contributed by atoms with E-state index in [0.717, 1.165) is 24.0 Å². The van der Waals surface area contributed by atoms with Crippen LogP contribution in [0.15, 0.2) is 48.5 Å². The summed E-state index contributed by atoms with van der Waals surface area (Å²) in [5.74, 6) is -0.926. The van der Waals surface area contributed by atoms with E-state index in [1.54, 1.807) is 4.90 Å². The number of benzene rings is 2. The molecular weight excluding hydrogens is 432 g/mol. The SMILES string of the molecule is O=C(O)C[C@@H]1CCCN1C(=O)C1(CNC(=O)OCC2c3ccccc3-c3ccccc32)CCC1. The number of carbonyl (C=O) groups excluding carboxylic acids is 2. The molecule has 5 rings (SSSR count). The van der Waals surface area contributed by atoms with E-state index in [0.29, 0.717) is 25.8 Å². The van der Waals surface area contributed by atoms with Gasteiger partial charge in [-0.05, 0) is 47.9 Å². The van der Waals surface area contributed by atoms with Crippen molar-refractivity contribution in [3.8, 4) is 11.1 Å². The zero-order valence-electron chi connectivity index (χ0n) is 19.2. The molecule has 2 amide bonds. The van der Waals surface area contributed by atoms with Crippen molar-refractivity contribution < 1.29 is 24.2 Å². The van der Waals surface area contributed by atoms with Gasteiger partial charge in [-0.1, -0.05) is 55.0 Å². The Morgan fingerprint density at radius 1 is 1.00 bits per heavy atom. The van der Waals surface area contributed by atoms with Gasteiger partial charge in [-0.2, -0.15) is 0 Å². The molecule has 0 spiro atoms. The summed E-state index contributed by atoms with van der Waals surface area (Å²) in [5.41, 5.74) is 4.01. The van der Waals surface area contributed by atoms with Crippen molar-refractivity contribution in [2.24, 2.45) is 5.41 Å². The van der Waals surface area contributed by atoms with Crippen LogP contribution in [0.2, 0.25) is 0 Å².